The SMILES string of the molecule is CC(C)(CN)CCNc1cccc(Br)c1. The Bertz CT molecular complexity index is 310. The number of rotatable bonds is 5. The Labute approximate surface area is 100 Å². The molecule has 0 atom stereocenters. The van der Waals surface area contributed by atoms with E-state index in [1.165, 1.54) is 0 Å². The van der Waals surface area contributed by atoms with Gasteiger partial charge in [-0.05, 0) is 36.6 Å². The summed E-state index contributed by atoms with van der Waals surface area (Å²) in [7, 11) is 0. The highest BCUT2D eigenvalue weighted by Crippen LogP contribution is 2.19. The lowest BCUT2D eigenvalue weighted by Gasteiger charge is -2.22. The first-order valence-electron chi connectivity index (χ1n) is 5.23. The number of hydrogen-bond donors (Lipinski definition) is 2. The van der Waals surface area contributed by atoms with Crippen molar-refractivity contribution in [2.24, 2.45) is 11.1 Å². The molecule has 0 aliphatic heterocycles. The van der Waals surface area contributed by atoms with E-state index in [-0.39, 0.29) is 5.41 Å². The molecule has 1 rings (SSSR count). The Morgan fingerprint density at radius 2 is 2.13 bits per heavy atom. The highest BCUT2D eigenvalue weighted by Gasteiger charge is 2.14. The van der Waals surface area contributed by atoms with Crippen LogP contribution in [0.15, 0.2) is 28.7 Å². The Kier molecular flexibility index (Phi) is 4.61. The topological polar surface area (TPSA) is 38.0 Å². The molecule has 0 radical (unpaired) electrons. The number of nitrogens with two attached hydrogens (primary N) is 1. The minimum absolute atomic E-state index is 0.221. The maximum atomic E-state index is 5.67. The molecule has 0 aliphatic rings. The molecule has 0 aromatic heterocycles. The summed E-state index contributed by atoms with van der Waals surface area (Å²) in [6.07, 6.45) is 1.08. The maximum Gasteiger partial charge on any atom is 0.0351 e. The zero-order valence-corrected chi connectivity index (χ0v) is 11.0. The van der Waals surface area contributed by atoms with Gasteiger partial charge < -0.3 is 11.1 Å². The fraction of sp³-hybridized carbons (Fsp3) is 0.500. The number of hydrogen-bond acceptors (Lipinski definition) is 2. The van der Waals surface area contributed by atoms with Gasteiger partial charge in [0, 0.05) is 16.7 Å². The molecule has 0 fully saturated rings. The molecule has 3 N–H and O–H groups in total. The summed E-state index contributed by atoms with van der Waals surface area (Å²) < 4.78 is 1.10. The van der Waals surface area contributed by atoms with Crippen molar-refractivity contribution in [3.05, 3.63) is 28.7 Å². The third-order valence-corrected chi connectivity index (χ3v) is 3.00. The van der Waals surface area contributed by atoms with Crippen LogP contribution < -0.4 is 11.1 Å². The summed E-state index contributed by atoms with van der Waals surface area (Å²) >= 11 is 3.45. The Balaban J connectivity index is 2.38. The van der Waals surface area contributed by atoms with E-state index in [1.807, 2.05) is 12.1 Å². The molecule has 84 valence electrons. The van der Waals surface area contributed by atoms with Crippen molar-refractivity contribution in [1.29, 1.82) is 0 Å². The predicted molar refractivity (Wildman–Crippen MR) is 70.1 cm³/mol. The molecule has 0 unspecified atom stereocenters. The first-order valence-corrected chi connectivity index (χ1v) is 6.02. The molecule has 0 aliphatic carbocycles. The minimum Gasteiger partial charge on any atom is -0.385 e. The van der Waals surface area contributed by atoms with Crippen LogP contribution in [0.3, 0.4) is 0 Å². The summed E-state index contributed by atoms with van der Waals surface area (Å²) in [4.78, 5) is 0. The van der Waals surface area contributed by atoms with Crippen LogP contribution in [0, 0.1) is 5.41 Å². The molecular weight excluding hydrogens is 252 g/mol. The van der Waals surface area contributed by atoms with Crippen LogP contribution in [0.4, 0.5) is 5.69 Å². The first kappa shape index (κ1) is 12.5. The third kappa shape index (κ3) is 4.67. The largest absolute Gasteiger partial charge is 0.385 e. The lowest BCUT2D eigenvalue weighted by atomic mass is 9.90. The minimum atomic E-state index is 0.221. The van der Waals surface area contributed by atoms with Gasteiger partial charge in [0.2, 0.25) is 0 Å². The van der Waals surface area contributed by atoms with Gasteiger partial charge in [-0.25, -0.2) is 0 Å². The second-order valence-electron chi connectivity index (χ2n) is 4.56. The summed E-state index contributed by atoms with van der Waals surface area (Å²) in [6, 6.07) is 8.20. The molecule has 0 heterocycles. The van der Waals surface area contributed by atoms with Gasteiger partial charge in [-0.3, -0.25) is 0 Å². The molecule has 3 heteroatoms. The Hall–Kier alpha value is -0.540. The van der Waals surface area contributed by atoms with Gasteiger partial charge in [-0.1, -0.05) is 35.8 Å². The van der Waals surface area contributed by atoms with Crippen LogP contribution in [0.5, 0.6) is 0 Å². The number of anilines is 1. The van der Waals surface area contributed by atoms with E-state index < -0.39 is 0 Å². The molecule has 0 bridgehead atoms. The monoisotopic (exact) mass is 270 g/mol. The summed E-state index contributed by atoms with van der Waals surface area (Å²) in [5, 5.41) is 3.39. The van der Waals surface area contributed by atoms with Crippen molar-refractivity contribution in [3.63, 3.8) is 0 Å². The van der Waals surface area contributed by atoms with Gasteiger partial charge in [0.15, 0.2) is 0 Å². The number of benzene rings is 1. The Morgan fingerprint density at radius 1 is 1.40 bits per heavy atom. The zero-order valence-electron chi connectivity index (χ0n) is 9.39. The third-order valence-electron chi connectivity index (χ3n) is 2.51. The van der Waals surface area contributed by atoms with Crippen molar-refractivity contribution in [1.82, 2.24) is 0 Å². The van der Waals surface area contributed by atoms with Gasteiger partial charge >= 0.3 is 0 Å². The van der Waals surface area contributed by atoms with Gasteiger partial charge in [0.05, 0.1) is 0 Å². The number of halogens is 1. The smallest absolute Gasteiger partial charge is 0.0351 e. The van der Waals surface area contributed by atoms with Crippen molar-refractivity contribution < 1.29 is 0 Å². The molecule has 0 saturated heterocycles. The molecule has 15 heavy (non-hydrogen) atoms. The first-order chi connectivity index (χ1) is 7.03. The highest BCUT2D eigenvalue weighted by atomic mass is 79.9. The van der Waals surface area contributed by atoms with Gasteiger partial charge in [-0.15, -0.1) is 0 Å². The van der Waals surface area contributed by atoms with Crippen LogP contribution in [0.25, 0.3) is 0 Å². The van der Waals surface area contributed by atoms with E-state index in [2.05, 4.69) is 47.2 Å². The second kappa shape index (κ2) is 5.52. The zero-order chi connectivity index (χ0) is 11.3. The summed E-state index contributed by atoms with van der Waals surface area (Å²) in [5.74, 6) is 0. The van der Waals surface area contributed by atoms with E-state index in [9.17, 15) is 0 Å². The molecule has 0 saturated carbocycles. The maximum absolute atomic E-state index is 5.67. The van der Waals surface area contributed by atoms with Crippen LogP contribution in [-0.2, 0) is 0 Å². The molecule has 1 aromatic carbocycles. The number of nitrogens with one attached hydrogen (secondary N) is 1. The molecule has 0 spiro atoms. The van der Waals surface area contributed by atoms with Gasteiger partial charge in [-0.2, -0.15) is 0 Å². The van der Waals surface area contributed by atoms with Crippen LogP contribution in [0.2, 0.25) is 0 Å². The lowest BCUT2D eigenvalue weighted by molar-refractivity contribution is 0.358. The van der Waals surface area contributed by atoms with Gasteiger partial charge in [0.25, 0.3) is 0 Å². The Morgan fingerprint density at radius 3 is 2.73 bits per heavy atom. The predicted octanol–water partition coefficient (Wildman–Crippen LogP) is 3.24. The van der Waals surface area contributed by atoms with E-state index in [0.717, 1.165) is 29.7 Å². The standard InChI is InChI=1S/C12H19BrN2/c1-12(2,9-14)6-7-15-11-5-3-4-10(13)8-11/h3-5,8,15H,6-7,9,14H2,1-2H3. The van der Waals surface area contributed by atoms with E-state index >= 15 is 0 Å². The molecular formula is C12H19BrN2. The summed E-state index contributed by atoms with van der Waals surface area (Å²) in [6.45, 7) is 6.07. The fourth-order valence-corrected chi connectivity index (χ4v) is 1.64. The van der Waals surface area contributed by atoms with Crippen LogP contribution in [-0.4, -0.2) is 13.1 Å². The van der Waals surface area contributed by atoms with Gasteiger partial charge in [0.1, 0.15) is 0 Å². The average Bonchev–Trinajstić information content (AvgIpc) is 2.18. The summed E-state index contributed by atoms with van der Waals surface area (Å²) in [5.41, 5.74) is 7.05. The lowest BCUT2D eigenvalue weighted by Crippen LogP contribution is -2.26. The quantitative estimate of drug-likeness (QED) is 0.862. The van der Waals surface area contributed by atoms with Crippen LogP contribution in [0.1, 0.15) is 20.3 Å². The molecule has 2 nitrogen and oxygen atoms in total. The highest BCUT2D eigenvalue weighted by molar-refractivity contribution is 9.10. The van der Waals surface area contributed by atoms with Crippen LogP contribution >= 0.6 is 15.9 Å². The fourth-order valence-electron chi connectivity index (χ4n) is 1.25. The molecule has 0 amide bonds. The van der Waals surface area contributed by atoms with Crippen molar-refractivity contribution in [3.8, 4) is 0 Å². The van der Waals surface area contributed by atoms with Crippen molar-refractivity contribution in [2.75, 3.05) is 18.4 Å². The average molecular weight is 271 g/mol. The van der Waals surface area contributed by atoms with E-state index in [0.29, 0.717) is 0 Å². The second-order valence-corrected chi connectivity index (χ2v) is 5.47. The van der Waals surface area contributed by atoms with E-state index in [1.54, 1.807) is 0 Å². The van der Waals surface area contributed by atoms with Crippen molar-refractivity contribution >= 4 is 21.6 Å². The van der Waals surface area contributed by atoms with Crippen molar-refractivity contribution in [2.45, 2.75) is 20.3 Å². The van der Waals surface area contributed by atoms with E-state index in [4.69, 9.17) is 5.73 Å². The normalized spacial score (nSPS) is 11.5. The molecule has 1 aromatic rings.